The molecule has 1 atom stereocenters. The first-order chi connectivity index (χ1) is 10.0. The van der Waals surface area contributed by atoms with Crippen LogP contribution in [0.2, 0.25) is 0 Å². The van der Waals surface area contributed by atoms with E-state index in [9.17, 15) is 9.59 Å². The first-order valence-electron chi connectivity index (χ1n) is 6.86. The molecule has 1 unspecified atom stereocenters. The molecule has 0 saturated carbocycles. The van der Waals surface area contributed by atoms with E-state index in [2.05, 4.69) is 21.2 Å². The summed E-state index contributed by atoms with van der Waals surface area (Å²) in [7, 11) is 1.59. The van der Waals surface area contributed by atoms with Crippen LogP contribution in [-0.4, -0.2) is 38.6 Å². The summed E-state index contributed by atoms with van der Waals surface area (Å²) in [5.74, 6) is -0.390. The van der Waals surface area contributed by atoms with E-state index >= 15 is 0 Å². The van der Waals surface area contributed by atoms with Crippen molar-refractivity contribution in [3.8, 4) is 0 Å². The number of rotatable bonds is 5. The number of nitrogens with zero attached hydrogens (tertiary/aromatic N) is 1. The van der Waals surface area contributed by atoms with Crippen LogP contribution in [0.15, 0.2) is 22.7 Å². The molecule has 2 rings (SSSR count). The van der Waals surface area contributed by atoms with Gasteiger partial charge in [-0.25, -0.2) is 0 Å². The Morgan fingerprint density at radius 1 is 1.52 bits per heavy atom. The Kier molecular flexibility index (Phi) is 5.36. The maximum absolute atomic E-state index is 12.1. The average Bonchev–Trinajstić information content (AvgIpc) is 2.84. The molecule has 0 aromatic heterocycles. The van der Waals surface area contributed by atoms with Crippen molar-refractivity contribution in [2.45, 2.75) is 13.3 Å². The van der Waals surface area contributed by atoms with Crippen molar-refractivity contribution in [1.29, 1.82) is 0 Å². The summed E-state index contributed by atoms with van der Waals surface area (Å²) < 4.78 is 5.90. The predicted octanol–water partition coefficient (Wildman–Crippen LogP) is 1.87. The molecule has 114 valence electrons. The molecule has 0 radical (unpaired) electrons. The van der Waals surface area contributed by atoms with Crippen molar-refractivity contribution < 1.29 is 14.3 Å². The lowest BCUT2D eigenvalue weighted by Crippen LogP contribution is -2.34. The van der Waals surface area contributed by atoms with E-state index in [1.54, 1.807) is 12.0 Å². The van der Waals surface area contributed by atoms with E-state index < -0.39 is 0 Å². The fraction of sp³-hybridized carbons (Fsp3) is 0.467. The van der Waals surface area contributed by atoms with Gasteiger partial charge in [0.1, 0.15) is 0 Å². The molecule has 1 aliphatic rings. The van der Waals surface area contributed by atoms with Crippen molar-refractivity contribution in [2.24, 2.45) is 5.92 Å². The number of benzene rings is 1. The standard InChI is InChI=1S/C15H19BrN2O3/c1-10-7-12(3-4-13(10)16)18-9-11(8-14(18)19)15(20)17-5-6-21-2/h3-4,7,11H,5-6,8-9H2,1-2H3,(H,17,20). The fourth-order valence-electron chi connectivity index (χ4n) is 2.35. The van der Waals surface area contributed by atoms with Gasteiger partial charge >= 0.3 is 0 Å². The Labute approximate surface area is 132 Å². The third-order valence-electron chi connectivity index (χ3n) is 3.55. The van der Waals surface area contributed by atoms with Gasteiger partial charge in [0.2, 0.25) is 11.8 Å². The quantitative estimate of drug-likeness (QED) is 0.821. The molecule has 6 heteroatoms. The molecular formula is C15H19BrN2O3. The molecule has 1 saturated heterocycles. The van der Waals surface area contributed by atoms with Crippen LogP contribution in [-0.2, 0) is 14.3 Å². The summed E-state index contributed by atoms with van der Waals surface area (Å²) in [5.41, 5.74) is 1.90. The van der Waals surface area contributed by atoms with Crippen LogP contribution < -0.4 is 10.2 Å². The molecule has 0 spiro atoms. The van der Waals surface area contributed by atoms with Gasteiger partial charge in [0.05, 0.1) is 12.5 Å². The molecule has 5 nitrogen and oxygen atoms in total. The van der Waals surface area contributed by atoms with E-state index in [1.165, 1.54) is 0 Å². The molecule has 0 bridgehead atoms. The smallest absolute Gasteiger partial charge is 0.227 e. The van der Waals surface area contributed by atoms with Gasteiger partial charge in [-0.3, -0.25) is 9.59 Å². The van der Waals surface area contributed by atoms with Gasteiger partial charge in [-0.2, -0.15) is 0 Å². The van der Waals surface area contributed by atoms with Crippen LogP contribution in [0.3, 0.4) is 0 Å². The minimum absolute atomic E-state index is 0.0105. The van der Waals surface area contributed by atoms with Gasteiger partial charge in [-0.15, -0.1) is 0 Å². The summed E-state index contributed by atoms with van der Waals surface area (Å²) in [6.07, 6.45) is 0.258. The first kappa shape index (κ1) is 16.0. The molecule has 2 amide bonds. The summed E-state index contributed by atoms with van der Waals surface area (Å²) in [5, 5.41) is 2.79. The van der Waals surface area contributed by atoms with Gasteiger partial charge in [-0.05, 0) is 30.7 Å². The van der Waals surface area contributed by atoms with Gasteiger partial charge in [0.25, 0.3) is 0 Å². The van der Waals surface area contributed by atoms with Gasteiger partial charge in [0, 0.05) is 36.8 Å². The number of amides is 2. The van der Waals surface area contributed by atoms with Crippen molar-refractivity contribution in [1.82, 2.24) is 5.32 Å². The number of aryl methyl sites for hydroxylation is 1. The normalized spacial score (nSPS) is 18.1. The van der Waals surface area contributed by atoms with E-state index in [-0.39, 0.29) is 24.2 Å². The van der Waals surface area contributed by atoms with E-state index in [0.29, 0.717) is 19.7 Å². The van der Waals surface area contributed by atoms with Crippen LogP contribution in [0, 0.1) is 12.8 Å². The fourth-order valence-corrected chi connectivity index (χ4v) is 2.60. The number of halogens is 1. The third-order valence-corrected chi connectivity index (χ3v) is 4.44. The second kappa shape index (κ2) is 7.04. The summed E-state index contributed by atoms with van der Waals surface area (Å²) in [4.78, 5) is 25.8. The van der Waals surface area contributed by atoms with E-state index in [0.717, 1.165) is 15.7 Å². The highest BCUT2D eigenvalue weighted by atomic mass is 79.9. The van der Waals surface area contributed by atoms with Gasteiger partial charge in [-0.1, -0.05) is 15.9 Å². The zero-order valence-electron chi connectivity index (χ0n) is 12.2. The number of anilines is 1. The Morgan fingerprint density at radius 2 is 2.29 bits per heavy atom. The Hall–Kier alpha value is -1.40. The maximum Gasteiger partial charge on any atom is 0.227 e. The molecule has 1 aliphatic heterocycles. The largest absolute Gasteiger partial charge is 0.383 e. The summed E-state index contributed by atoms with van der Waals surface area (Å²) >= 11 is 3.44. The van der Waals surface area contributed by atoms with Crippen LogP contribution in [0.5, 0.6) is 0 Å². The van der Waals surface area contributed by atoms with Crippen molar-refractivity contribution >= 4 is 33.4 Å². The van der Waals surface area contributed by atoms with E-state index in [1.807, 2.05) is 25.1 Å². The monoisotopic (exact) mass is 354 g/mol. The highest BCUT2D eigenvalue weighted by molar-refractivity contribution is 9.10. The number of nitrogens with one attached hydrogen (secondary N) is 1. The Balaban J connectivity index is 2.02. The first-order valence-corrected chi connectivity index (χ1v) is 7.65. The zero-order valence-corrected chi connectivity index (χ0v) is 13.8. The van der Waals surface area contributed by atoms with Crippen molar-refractivity contribution in [2.75, 3.05) is 31.7 Å². The van der Waals surface area contributed by atoms with Crippen LogP contribution in [0.1, 0.15) is 12.0 Å². The van der Waals surface area contributed by atoms with Crippen molar-refractivity contribution in [3.05, 3.63) is 28.2 Å². The molecule has 21 heavy (non-hydrogen) atoms. The van der Waals surface area contributed by atoms with Gasteiger partial charge in [0.15, 0.2) is 0 Å². The third kappa shape index (κ3) is 3.83. The highest BCUT2D eigenvalue weighted by Gasteiger charge is 2.35. The Morgan fingerprint density at radius 3 is 2.95 bits per heavy atom. The number of carbonyl (C=O) groups is 2. The molecule has 1 heterocycles. The number of hydrogen-bond acceptors (Lipinski definition) is 3. The van der Waals surface area contributed by atoms with Crippen LogP contribution in [0.25, 0.3) is 0 Å². The predicted molar refractivity (Wildman–Crippen MR) is 84.2 cm³/mol. The minimum atomic E-state index is -0.293. The van der Waals surface area contributed by atoms with Crippen LogP contribution in [0.4, 0.5) is 5.69 Å². The average molecular weight is 355 g/mol. The molecule has 1 N–H and O–H groups in total. The second-order valence-corrected chi connectivity index (χ2v) is 5.98. The minimum Gasteiger partial charge on any atom is -0.383 e. The lowest BCUT2D eigenvalue weighted by Gasteiger charge is -2.17. The SMILES string of the molecule is COCCNC(=O)C1CC(=O)N(c2ccc(Br)c(C)c2)C1. The number of ether oxygens (including phenoxy) is 1. The lowest BCUT2D eigenvalue weighted by atomic mass is 10.1. The maximum atomic E-state index is 12.1. The zero-order chi connectivity index (χ0) is 15.4. The molecule has 1 aromatic rings. The number of carbonyl (C=O) groups excluding carboxylic acids is 2. The summed E-state index contributed by atoms with van der Waals surface area (Å²) in [6, 6.07) is 5.76. The van der Waals surface area contributed by atoms with Crippen LogP contribution >= 0.6 is 15.9 Å². The molecule has 0 aliphatic carbocycles. The lowest BCUT2D eigenvalue weighted by molar-refractivity contribution is -0.126. The molecule has 1 fully saturated rings. The molecule has 1 aromatic carbocycles. The highest BCUT2D eigenvalue weighted by Crippen LogP contribution is 2.28. The molecular weight excluding hydrogens is 336 g/mol. The van der Waals surface area contributed by atoms with Crippen molar-refractivity contribution in [3.63, 3.8) is 0 Å². The topological polar surface area (TPSA) is 58.6 Å². The summed E-state index contributed by atoms with van der Waals surface area (Å²) in [6.45, 7) is 3.35. The Bertz CT molecular complexity index is 548. The number of methoxy groups -OCH3 is 1. The van der Waals surface area contributed by atoms with E-state index in [4.69, 9.17) is 4.74 Å². The second-order valence-electron chi connectivity index (χ2n) is 5.12. The number of hydrogen-bond donors (Lipinski definition) is 1. The van der Waals surface area contributed by atoms with Gasteiger partial charge < -0.3 is 15.0 Å².